The minimum absolute atomic E-state index is 0.167. The maximum Gasteiger partial charge on any atom is 0.177 e. The van der Waals surface area contributed by atoms with Crippen molar-refractivity contribution in [1.29, 1.82) is 0 Å². The van der Waals surface area contributed by atoms with Crippen LogP contribution in [0.2, 0.25) is 0 Å². The number of aromatic hydroxyl groups is 1. The van der Waals surface area contributed by atoms with Crippen molar-refractivity contribution in [3.05, 3.63) is 54.1 Å². The van der Waals surface area contributed by atoms with Crippen molar-refractivity contribution in [2.24, 2.45) is 0 Å². The molecule has 0 saturated carbocycles. The van der Waals surface area contributed by atoms with Crippen molar-refractivity contribution in [1.82, 2.24) is 0 Å². The van der Waals surface area contributed by atoms with Gasteiger partial charge in [-0.1, -0.05) is 18.7 Å². The number of benzene rings is 2. The topological polar surface area (TPSA) is 38.7 Å². The van der Waals surface area contributed by atoms with Crippen molar-refractivity contribution in [3.63, 3.8) is 0 Å². The predicted molar refractivity (Wildman–Crippen MR) is 69.3 cm³/mol. The summed E-state index contributed by atoms with van der Waals surface area (Å²) in [6, 6.07) is 10.7. The molecule has 3 rings (SSSR count). The molecule has 0 spiro atoms. The maximum atomic E-state index is 9.51. The highest BCUT2D eigenvalue weighted by atomic mass is 16.5. The van der Waals surface area contributed by atoms with Gasteiger partial charge in [0.2, 0.25) is 0 Å². The summed E-state index contributed by atoms with van der Waals surface area (Å²) in [4.78, 5) is 0. The van der Waals surface area contributed by atoms with Crippen LogP contribution in [0.4, 0.5) is 0 Å². The van der Waals surface area contributed by atoms with Crippen LogP contribution in [-0.4, -0.2) is 12.2 Å². The van der Waals surface area contributed by atoms with Crippen LogP contribution in [0.3, 0.4) is 0 Å². The average Bonchev–Trinajstić information content (AvgIpc) is 2.38. The maximum absolute atomic E-state index is 9.51. The van der Waals surface area contributed by atoms with E-state index in [1.165, 1.54) is 0 Å². The molecule has 2 aromatic carbocycles. The third kappa shape index (κ3) is 1.44. The first-order valence-electron chi connectivity index (χ1n) is 5.58. The van der Waals surface area contributed by atoms with Gasteiger partial charge in [0.1, 0.15) is 11.5 Å². The van der Waals surface area contributed by atoms with Gasteiger partial charge < -0.3 is 14.6 Å². The van der Waals surface area contributed by atoms with Crippen LogP contribution >= 0.6 is 0 Å². The first-order valence-corrected chi connectivity index (χ1v) is 5.58. The number of phenols is 1. The quantitative estimate of drug-likeness (QED) is 0.706. The molecule has 0 saturated heterocycles. The second kappa shape index (κ2) is 3.81. The van der Waals surface area contributed by atoms with Crippen LogP contribution in [0, 0.1) is 0 Å². The van der Waals surface area contributed by atoms with Gasteiger partial charge in [0.25, 0.3) is 0 Å². The Morgan fingerprint density at radius 2 is 2.00 bits per heavy atom. The summed E-state index contributed by atoms with van der Waals surface area (Å²) in [6.07, 6.45) is 0. The van der Waals surface area contributed by atoms with E-state index < -0.39 is 0 Å². The van der Waals surface area contributed by atoms with Crippen LogP contribution in [0.25, 0.3) is 5.57 Å². The van der Waals surface area contributed by atoms with Crippen molar-refractivity contribution in [3.8, 4) is 23.0 Å². The van der Waals surface area contributed by atoms with Gasteiger partial charge in [0, 0.05) is 17.2 Å². The second-order valence-corrected chi connectivity index (χ2v) is 4.10. The number of methoxy groups -OCH3 is 1. The summed E-state index contributed by atoms with van der Waals surface area (Å²) in [5.74, 6) is 2.06. The smallest absolute Gasteiger partial charge is 0.177 e. The molecule has 1 aliphatic heterocycles. The molecule has 0 atom stereocenters. The van der Waals surface area contributed by atoms with E-state index in [0.717, 1.165) is 16.7 Å². The number of hydrogen-bond donors (Lipinski definition) is 1. The van der Waals surface area contributed by atoms with E-state index in [1.54, 1.807) is 25.3 Å². The number of rotatable bonds is 1. The standard InChI is InChI=1S/C15H12O3/c1-9-11-7-6-10(16)8-14(11)18-15-12(9)4-3-5-13(15)17-2/h3-8,16H,1H2,2H3. The molecule has 0 aromatic heterocycles. The third-order valence-corrected chi connectivity index (χ3v) is 3.03. The van der Waals surface area contributed by atoms with Crippen molar-refractivity contribution in [2.45, 2.75) is 0 Å². The average molecular weight is 240 g/mol. The van der Waals surface area contributed by atoms with E-state index in [9.17, 15) is 5.11 Å². The van der Waals surface area contributed by atoms with Crippen molar-refractivity contribution in [2.75, 3.05) is 7.11 Å². The van der Waals surface area contributed by atoms with Gasteiger partial charge in [0.15, 0.2) is 11.5 Å². The largest absolute Gasteiger partial charge is 0.508 e. The van der Waals surface area contributed by atoms with E-state index in [0.29, 0.717) is 17.2 Å². The van der Waals surface area contributed by atoms with E-state index in [1.807, 2.05) is 18.2 Å². The Bertz CT molecular complexity index is 644. The molecular weight excluding hydrogens is 228 g/mol. The Balaban J connectivity index is 2.22. The highest BCUT2D eigenvalue weighted by molar-refractivity contribution is 5.88. The van der Waals surface area contributed by atoms with E-state index in [2.05, 4.69) is 6.58 Å². The number of hydrogen-bond acceptors (Lipinski definition) is 3. The summed E-state index contributed by atoms with van der Waals surface area (Å²) in [5.41, 5.74) is 2.66. The summed E-state index contributed by atoms with van der Waals surface area (Å²) < 4.78 is 11.1. The van der Waals surface area contributed by atoms with Gasteiger partial charge >= 0.3 is 0 Å². The van der Waals surface area contributed by atoms with E-state index >= 15 is 0 Å². The molecular formula is C15H12O3. The summed E-state index contributed by atoms with van der Waals surface area (Å²) in [5, 5.41) is 9.51. The first kappa shape index (κ1) is 10.7. The molecule has 0 aliphatic carbocycles. The normalized spacial score (nSPS) is 12.4. The molecule has 0 fully saturated rings. The Morgan fingerprint density at radius 3 is 2.78 bits per heavy atom. The Hall–Kier alpha value is -2.42. The van der Waals surface area contributed by atoms with Gasteiger partial charge in [-0.05, 0) is 23.8 Å². The lowest BCUT2D eigenvalue weighted by Crippen LogP contribution is -2.03. The van der Waals surface area contributed by atoms with Crippen LogP contribution < -0.4 is 9.47 Å². The number of ether oxygens (including phenoxy) is 2. The van der Waals surface area contributed by atoms with Crippen LogP contribution in [0.15, 0.2) is 43.0 Å². The van der Waals surface area contributed by atoms with E-state index in [4.69, 9.17) is 9.47 Å². The molecule has 1 heterocycles. The lowest BCUT2D eigenvalue weighted by atomic mass is 9.95. The Kier molecular flexibility index (Phi) is 2.27. The first-order chi connectivity index (χ1) is 8.70. The molecule has 0 unspecified atom stereocenters. The van der Waals surface area contributed by atoms with Crippen LogP contribution in [0.1, 0.15) is 11.1 Å². The number of fused-ring (bicyclic) bond motifs is 2. The van der Waals surface area contributed by atoms with Gasteiger partial charge in [-0.15, -0.1) is 0 Å². The zero-order valence-electron chi connectivity index (χ0n) is 9.93. The molecule has 3 heteroatoms. The molecule has 90 valence electrons. The fourth-order valence-corrected chi connectivity index (χ4v) is 2.12. The fourth-order valence-electron chi connectivity index (χ4n) is 2.12. The molecule has 1 N–H and O–H groups in total. The molecule has 2 aromatic rings. The minimum Gasteiger partial charge on any atom is -0.508 e. The van der Waals surface area contributed by atoms with Crippen molar-refractivity contribution < 1.29 is 14.6 Å². The molecule has 1 aliphatic rings. The number of phenolic OH excluding ortho intramolecular Hbond substituents is 1. The Labute approximate surface area is 105 Å². The van der Waals surface area contributed by atoms with Crippen molar-refractivity contribution >= 4 is 5.57 Å². The highest BCUT2D eigenvalue weighted by Crippen LogP contribution is 2.47. The summed E-state index contributed by atoms with van der Waals surface area (Å²) >= 11 is 0. The Morgan fingerprint density at radius 1 is 1.17 bits per heavy atom. The monoisotopic (exact) mass is 240 g/mol. The fraction of sp³-hybridized carbons (Fsp3) is 0.0667. The van der Waals surface area contributed by atoms with Gasteiger partial charge in [-0.3, -0.25) is 0 Å². The van der Waals surface area contributed by atoms with E-state index in [-0.39, 0.29) is 5.75 Å². The highest BCUT2D eigenvalue weighted by Gasteiger charge is 2.23. The lowest BCUT2D eigenvalue weighted by Gasteiger charge is -2.23. The zero-order valence-corrected chi connectivity index (χ0v) is 9.93. The number of para-hydroxylation sites is 1. The molecule has 0 amide bonds. The minimum atomic E-state index is 0.167. The third-order valence-electron chi connectivity index (χ3n) is 3.03. The van der Waals surface area contributed by atoms with Gasteiger partial charge in [-0.2, -0.15) is 0 Å². The molecule has 0 bridgehead atoms. The predicted octanol–water partition coefficient (Wildman–Crippen LogP) is 3.57. The van der Waals surface area contributed by atoms with Crippen LogP contribution in [-0.2, 0) is 0 Å². The second-order valence-electron chi connectivity index (χ2n) is 4.10. The summed E-state index contributed by atoms with van der Waals surface area (Å²) in [6.45, 7) is 4.08. The SMILES string of the molecule is C=C1c2ccc(O)cc2Oc2c(OC)cccc21. The lowest BCUT2D eigenvalue weighted by molar-refractivity contribution is 0.375. The zero-order chi connectivity index (χ0) is 12.7. The summed E-state index contributed by atoms with van der Waals surface area (Å²) in [7, 11) is 1.60. The molecule has 3 nitrogen and oxygen atoms in total. The van der Waals surface area contributed by atoms with Crippen LogP contribution in [0.5, 0.6) is 23.0 Å². The van der Waals surface area contributed by atoms with Gasteiger partial charge in [-0.25, -0.2) is 0 Å². The molecule has 18 heavy (non-hydrogen) atoms. The molecule has 0 radical (unpaired) electrons. The van der Waals surface area contributed by atoms with Gasteiger partial charge in [0.05, 0.1) is 7.11 Å².